The van der Waals surface area contributed by atoms with Crippen LogP contribution in [0.5, 0.6) is 11.5 Å². The Labute approximate surface area is 254 Å². The molecule has 0 radical (unpaired) electrons. The Bertz CT molecular complexity index is 1470. The van der Waals surface area contributed by atoms with Gasteiger partial charge in [0.2, 0.25) is 0 Å². The highest BCUT2D eigenvalue weighted by atomic mass is 35.5. The molecule has 0 fully saturated rings. The van der Waals surface area contributed by atoms with E-state index in [2.05, 4.69) is 67.4 Å². The van der Waals surface area contributed by atoms with Crippen molar-refractivity contribution in [1.29, 1.82) is 0 Å². The molecule has 0 aliphatic heterocycles. The van der Waals surface area contributed by atoms with E-state index in [1.807, 2.05) is 31.2 Å². The average Bonchev–Trinajstić information content (AvgIpc) is 2.96. The van der Waals surface area contributed by atoms with Crippen LogP contribution in [0.4, 0.5) is 0 Å². The predicted octanol–water partition coefficient (Wildman–Crippen LogP) is 8.98. The largest absolute Gasteiger partial charge is 0.490 e. The molecule has 0 bridgehead atoms. The summed E-state index contributed by atoms with van der Waals surface area (Å²) in [4.78, 5) is 0. The number of unbranched alkanes of at least 4 members (excludes halogenated alkanes) is 1. The standard InChI is InChI=1S/C36H37Cl2NO2/c1-4-5-6-9-28-10-7-8-11-33(28)29-14-17-32(26(3)22-29)30(24-39)23-27-12-15-31(16-13-27)40-18-19-41-36-34(37)20-25(2)21-35(36)38/h1,7-8,10-17,20-22,30H,5-6,9,18-19,23-24,39H2,2-3H3. The van der Waals surface area contributed by atoms with Crippen LogP contribution in [0.25, 0.3) is 11.1 Å². The van der Waals surface area contributed by atoms with E-state index in [1.54, 1.807) is 0 Å². The van der Waals surface area contributed by atoms with Gasteiger partial charge in [0.05, 0.1) is 10.0 Å². The Morgan fingerprint density at radius 1 is 0.878 bits per heavy atom. The summed E-state index contributed by atoms with van der Waals surface area (Å²) in [6.07, 6.45) is 9.08. The molecule has 212 valence electrons. The van der Waals surface area contributed by atoms with Crippen LogP contribution in [0.3, 0.4) is 0 Å². The van der Waals surface area contributed by atoms with Crippen LogP contribution in [0, 0.1) is 26.2 Å². The molecule has 4 aromatic rings. The average molecular weight is 587 g/mol. The summed E-state index contributed by atoms with van der Waals surface area (Å²) in [6.45, 7) is 5.40. The fraction of sp³-hybridized carbons (Fsp3) is 0.278. The number of hydrogen-bond donors (Lipinski definition) is 1. The van der Waals surface area contributed by atoms with Crippen molar-refractivity contribution in [2.24, 2.45) is 5.73 Å². The van der Waals surface area contributed by atoms with Crippen LogP contribution in [-0.4, -0.2) is 19.8 Å². The van der Waals surface area contributed by atoms with E-state index in [1.165, 1.54) is 33.4 Å². The fourth-order valence-electron chi connectivity index (χ4n) is 5.16. The number of halogens is 2. The monoisotopic (exact) mass is 585 g/mol. The Morgan fingerprint density at radius 2 is 1.59 bits per heavy atom. The fourth-order valence-corrected chi connectivity index (χ4v) is 5.86. The Morgan fingerprint density at radius 3 is 2.27 bits per heavy atom. The van der Waals surface area contributed by atoms with Gasteiger partial charge in [-0.3, -0.25) is 0 Å². The number of rotatable bonds is 13. The molecule has 0 aromatic heterocycles. The highest BCUT2D eigenvalue weighted by Crippen LogP contribution is 2.34. The van der Waals surface area contributed by atoms with Gasteiger partial charge < -0.3 is 15.2 Å². The highest BCUT2D eigenvalue weighted by molar-refractivity contribution is 6.37. The predicted molar refractivity (Wildman–Crippen MR) is 173 cm³/mol. The van der Waals surface area contributed by atoms with Crippen LogP contribution >= 0.6 is 23.2 Å². The van der Waals surface area contributed by atoms with Crippen LogP contribution in [0.1, 0.15) is 46.6 Å². The summed E-state index contributed by atoms with van der Waals surface area (Å²) in [5.74, 6) is 4.23. The van der Waals surface area contributed by atoms with E-state index in [4.69, 9.17) is 44.8 Å². The van der Waals surface area contributed by atoms with Gasteiger partial charge in [-0.05, 0) is 103 Å². The van der Waals surface area contributed by atoms with Gasteiger partial charge in [-0.2, -0.15) is 0 Å². The summed E-state index contributed by atoms with van der Waals surface area (Å²) in [5.41, 5.74) is 14.9. The SMILES string of the molecule is C#CCCCc1ccccc1-c1ccc(C(CN)Cc2ccc(OCCOc3c(Cl)cc(C)cc3Cl)cc2)c(C)c1. The van der Waals surface area contributed by atoms with Gasteiger partial charge in [-0.1, -0.05) is 77.8 Å². The van der Waals surface area contributed by atoms with Crippen LogP contribution in [0.2, 0.25) is 10.0 Å². The molecule has 0 saturated heterocycles. The smallest absolute Gasteiger partial charge is 0.156 e. The molecule has 4 aromatic carbocycles. The van der Waals surface area contributed by atoms with Crippen molar-refractivity contribution in [2.75, 3.05) is 19.8 Å². The molecule has 41 heavy (non-hydrogen) atoms. The van der Waals surface area contributed by atoms with Crippen molar-refractivity contribution in [3.63, 3.8) is 0 Å². The first-order chi connectivity index (χ1) is 19.9. The lowest BCUT2D eigenvalue weighted by Gasteiger charge is -2.20. The third-order valence-electron chi connectivity index (χ3n) is 7.24. The molecule has 0 amide bonds. The van der Waals surface area contributed by atoms with Crippen LogP contribution in [-0.2, 0) is 12.8 Å². The summed E-state index contributed by atoms with van der Waals surface area (Å²) in [6, 6.07) is 27.2. The number of benzene rings is 4. The number of ether oxygens (including phenoxy) is 2. The van der Waals surface area contributed by atoms with E-state index in [-0.39, 0.29) is 5.92 Å². The number of aryl methyl sites for hydroxylation is 3. The van der Waals surface area contributed by atoms with Gasteiger partial charge in [0.15, 0.2) is 5.75 Å². The minimum atomic E-state index is 0.221. The molecule has 0 saturated carbocycles. The highest BCUT2D eigenvalue weighted by Gasteiger charge is 2.15. The first-order valence-electron chi connectivity index (χ1n) is 14.0. The molecule has 1 unspecified atom stereocenters. The molecule has 0 spiro atoms. The molecule has 2 N–H and O–H groups in total. The van der Waals surface area contributed by atoms with Crippen molar-refractivity contribution in [2.45, 2.75) is 45.4 Å². The van der Waals surface area contributed by atoms with Crippen molar-refractivity contribution in [1.82, 2.24) is 0 Å². The molecule has 0 aliphatic rings. The van der Waals surface area contributed by atoms with Gasteiger partial charge in [0.25, 0.3) is 0 Å². The number of terminal acetylenes is 1. The zero-order chi connectivity index (χ0) is 29.2. The maximum Gasteiger partial charge on any atom is 0.156 e. The van der Waals surface area contributed by atoms with E-state index >= 15 is 0 Å². The second-order valence-electron chi connectivity index (χ2n) is 10.3. The van der Waals surface area contributed by atoms with E-state index < -0.39 is 0 Å². The Balaban J connectivity index is 1.35. The van der Waals surface area contributed by atoms with Gasteiger partial charge in [0, 0.05) is 12.3 Å². The summed E-state index contributed by atoms with van der Waals surface area (Å²) in [7, 11) is 0. The Kier molecular flexibility index (Phi) is 11.2. The van der Waals surface area contributed by atoms with Crippen molar-refractivity contribution in [3.8, 4) is 35.0 Å². The molecule has 0 aliphatic carbocycles. The Hall–Kier alpha value is -3.42. The normalized spacial score (nSPS) is 11.6. The van der Waals surface area contributed by atoms with Gasteiger partial charge >= 0.3 is 0 Å². The summed E-state index contributed by atoms with van der Waals surface area (Å²) in [5, 5.41) is 0.999. The maximum absolute atomic E-state index is 6.28. The quantitative estimate of drug-likeness (QED) is 0.126. The molecule has 4 rings (SSSR count). The van der Waals surface area contributed by atoms with Crippen molar-refractivity contribution >= 4 is 23.2 Å². The lowest BCUT2D eigenvalue weighted by atomic mass is 9.87. The first kappa shape index (κ1) is 30.5. The van der Waals surface area contributed by atoms with Gasteiger partial charge in [-0.25, -0.2) is 0 Å². The minimum absolute atomic E-state index is 0.221. The van der Waals surface area contributed by atoms with Gasteiger partial charge in [-0.15, -0.1) is 12.3 Å². The molecule has 1 atom stereocenters. The van der Waals surface area contributed by atoms with Crippen molar-refractivity contribution in [3.05, 3.63) is 117 Å². The molecular weight excluding hydrogens is 549 g/mol. The summed E-state index contributed by atoms with van der Waals surface area (Å²) >= 11 is 12.5. The molecule has 0 heterocycles. The topological polar surface area (TPSA) is 44.5 Å². The third kappa shape index (κ3) is 8.30. The minimum Gasteiger partial charge on any atom is -0.490 e. The van der Waals surface area contributed by atoms with Gasteiger partial charge in [0.1, 0.15) is 19.0 Å². The van der Waals surface area contributed by atoms with Crippen LogP contribution in [0.15, 0.2) is 78.9 Å². The second-order valence-corrected chi connectivity index (χ2v) is 11.1. The zero-order valence-electron chi connectivity index (χ0n) is 23.8. The first-order valence-corrected chi connectivity index (χ1v) is 14.8. The maximum atomic E-state index is 6.28. The number of hydrogen-bond acceptors (Lipinski definition) is 3. The molecule has 5 heteroatoms. The lowest BCUT2D eigenvalue weighted by molar-refractivity contribution is 0.217. The van der Waals surface area contributed by atoms with E-state index in [9.17, 15) is 0 Å². The van der Waals surface area contributed by atoms with Crippen LogP contribution < -0.4 is 15.2 Å². The summed E-state index contributed by atoms with van der Waals surface area (Å²) < 4.78 is 11.6. The van der Waals surface area contributed by atoms with Crippen molar-refractivity contribution < 1.29 is 9.47 Å². The zero-order valence-corrected chi connectivity index (χ0v) is 25.3. The lowest BCUT2D eigenvalue weighted by Crippen LogP contribution is -2.16. The third-order valence-corrected chi connectivity index (χ3v) is 7.80. The number of nitrogens with two attached hydrogens (primary N) is 1. The second kappa shape index (κ2) is 15.0. The molecule has 3 nitrogen and oxygen atoms in total. The van der Waals surface area contributed by atoms with E-state index in [0.29, 0.717) is 35.6 Å². The van der Waals surface area contributed by atoms with E-state index in [0.717, 1.165) is 37.0 Å². The molecular formula is C36H37Cl2NO2.